The number of Topliss-reactive ketones (excluding diaryl/α,β-unsaturated/α-hetero) is 1. The number of ether oxygens (including phenoxy) is 6. The number of amides is 2. The number of rotatable bonds is 8. The highest BCUT2D eigenvalue weighted by Crippen LogP contribution is 2.48. The molecule has 3 rings (SSSR count). The Balaban J connectivity index is 2.15. The van der Waals surface area contributed by atoms with Crippen LogP contribution in [-0.2, 0) is 42.8 Å². The van der Waals surface area contributed by atoms with E-state index in [0.717, 1.165) is 11.8 Å². The van der Waals surface area contributed by atoms with Crippen LogP contribution in [0.4, 0.5) is 4.79 Å². The van der Waals surface area contributed by atoms with Crippen molar-refractivity contribution in [1.29, 1.82) is 0 Å². The van der Waals surface area contributed by atoms with Crippen molar-refractivity contribution in [3.63, 3.8) is 0 Å². The molecule has 3 aliphatic rings. The second kappa shape index (κ2) is 16.3. The number of methoxy groups -OCH3 is 4. The minimum absolute atomic E-state index is 0.0225. The number of hydrogen-bond donors (Lipinski definition) is 3. The summed E-state index contributed by atoms with van der Waals surface area (Å²) in [4.78, 5) is 52.6. The van der Waals surface area contributed by atoms with Gasteiger partial charge in [0.25, 0.3) is 5.91 Å². The molecule has 0 aromatic carbocycles. The van der Waals surface area contributed by atoms with Gasteiger partial charge in [-0.2, -0.15) is 0 Å². The van der Waals surface area contributed by atoms with Crippen LogP contribution in [0.5, 0.6) is 0 Å². The normalized spacial score (nSPS) is 36.2. The third-order valence-corrected chi connectivity index (χ3v) is 9.77. The summed E-state index contributed by atoms with van der Waals surface area (Å²) in [5.74, 6) is -2.18. The van der Waals surface area contributed by atoms with Gasteiger partial charge >= 0.3 is 6.09 Å². The summed E-state index contributed by atoms with van der Waals surface area (Å²) in [6, 6.07) is 0. The zero-order chi connectivity index (χ0) is 34.3. The summed E-state index contributed by atoms with van der Waals surface area (Å²) in [7, 11) is 6.00. The lowest BCUT2D eigenvalue weighted by molar-refractivity contribution is -0.121. The van der Waals surface area contributed by atoms with Crippen molar-refractivity contribution in [1.82, 2.24) is 5.32 Å². The molecule has 4 unspecified atom stereocenters. The Bertz CT molecular complexity index is 1290. The number of epoxide rings is 1. The summed E-state index contributed by atoms with van der Waals surface area (Å²) in [5.41, 5.74) is 4.56. The average molecular weight is 667 g/mol. The Morgan fingerprint density at radius 2 is 1.83 bits per heavy atom. The predicted molar refractivity (Wildman–Crippen MR) is 170 cm³/mol. The molecule has 0 radical (unpaired) electrons. The Morgan fingerprint density at radius 1 is 1.13 bits per heavy atom. The van der Waals surface area contributed by atoms with Gasteiger partial charge in [0.15, 0.2) is 11.9 Å². The van der Waals surface area contributed by atoms with Gasteiger partial charge < -0.3 is 44.6 Å². The summed E-state index contributed by atoms with van der Waals surface area (Å²) in [5, 5.41) is 12.0. The molecule has 2 bridgehead atoms. The summed E-state index contributed by atoms with van der Waals surface area (Å²) >= 11 is 0.978. The highest BCUT2D eigenvalue weighted by molar-refractivity contribution is 8.04. The maximum absolute atomic E-state index is 13.9. The molecule has 1 aliphatic carbocycles. The molecule has 46 heavy (non-hydrogen) atoms. The zero-order valence-corrected chi connectivity index (χ0v) is 28.4. The number of ketones is 2. The lowest BCUT2D eigenvalue weighted by Gasteiger charge is -2.34. The van der Waals surface area contributed by atoms with Crippen LogP contribution in [-0.4, -0.2) is 112 Å². The van der Waals surface area contributed by atoms with Crippen molar-refractivity contribution in [2.24, 2.45) is 17.6 Å². The van der Waals surface area contributed by atoms with Crippen LogP contribution < -0.4 is 11.1 Å². The number of carbonyl (C=O) groups excluding carboxylic acids is 4. The second-order valence-corrected chi connectivity index (χ2v) is 12.8. The first-order chi connectivity index (χ1) is 21.8. The van der Waals surface area contributed by atoms with Gasteiger partial charge in [0.1, 0.15) is 17.4 Å². The van der Waals surface area contributed by atoms with E-state index in [1.807, 2.05) is 13.8 Å². The number of allylic oxidation sites excluding steroid dienone is 5. The first kappa shape index (κ1) is 37.6. The van der Waals surface area contributed by atoms with Crippen LogP contribution in [0.15, 0.2) is 46.1 Å². The lowest BCUT2D eigenvalue weighted by atomic mass is 9.81. The van der Waals surface area contributed by atoms with Gasteiger partial charge in [-0.15, -0.1) is 11.8 Å². The molecule has 0 saturated carbocycles. The largest absolute Gasteiger partial charge is 0.440 e. The van der Waals surface area contributed by atoms with Gasteiger partial charge in [-0.3, -0.25) is 14.4 Å². The predicted octanol–water partition coefficient (Wildman–Crippen LogP) is 1.98. The van der Waals surface area contributed by atoms with Crippen LogP contribution in [0.1, 0.15) is 34.1 Å². The van der Waals surface area contributed by atoms with E-state index in [1.165, 1.54) is 33.3 Å². The van der Waals surface area contributed by atoms with Gasteiger partial charge in [-0.05, 0) is 32.3 Å². The highest BCUT2D eigenvalue weighted by Gasteiger charge is 2.64. The number of hydrogen-bond acceptors (Lipinski definition) is 12. The molecule has 1 fully saturated rings. The van der Waals surface area contributed by atoms with Crippen LogP contribution in [0.3, 0.4) is 0 Å². The number of aliphatic hydroxyl groups excluding tert-OH is 1. The number of nitrogens with one attached hydrogen (secondary N) is 1. The van der Waals surface area contributed by atoms with Crippen molar-refractivity contribution in [2.75, 3.05) is 40.8 Å². The molecule has 0 aromatic rings. The monoisotopic (exact) mass is 666 g/mol. The Morgan fingerprint density at radius 3 is 2.39 bits per heavy atom. The molecule has 9 atom stereocenters. The van der Waals surface area contributed by atoms with E-state index in [0.29, 0.717) is 6.42 Å². The average Bonchev–Trinajstić information content (AvgIpc) is 3.71. The number of thioether (sulfide) groups is 1. The third-order valence-electron chi connectivity index (χ3n) is 8.69. The van der Waals surface area contributed by atoms with Gasteiger partial charge in [0, 0.05) is 51.3 Å². The van der Waals surface area contributed by atoms with Gasteiger partial charge in [0.2, 0.25) is 5.78 Å². The fourth-order valence-corrected chi connectivity index (χ4v) is 7.07. The maximum atomic E-state index is 13.9. The number of primary amides is 1. The summed E-state index contributed by atoms with van der Waals surface area (Å²) in [6.45, 7) is 6.90. The van der Waals surface area contributed by atoms with E-state index >= 15 is 0 Å². The number of fused-ring (bicyclic) bond motifs is 3. The first-order valence-electron chi connectivity index (χ1n) is 15.0. The minimum atomic E-state index is -1.01. The first-order valence-corrected chi connectivity index (χ1v) is 16.0. The number of nitrogens with two attached hydrogens (primary N) is 1. The Kier molecular flexibility index (Phi) is 13.3. The van der Waals surface area contributed by atoms with E-state index in [-0.39, 0.29) is 45.9 Å². The number of aliphatic hydroxyl groups is 1. The maximum Gasteiger partial charge on any atom is 0.404 e. The third kappa shape index (κ3) is 8.16. The van der Waals surface area contributed by atoms with Gasteiger partial charge in [-0.1, -0.05) is 32.1 Å². The smallest absolute Gasteiger partial charge is 0.404 e. The molecule has 14 heteroatoms. The SMILES string of the molecule is COC1[C@@H](C)C2OC2(C)[C@H](OC(N)=O)C(OC)/C=C\C=C(/C)C(=O)NC2=C(SCCO)C(=O)C=C(C2=O)[C@H](OC)[C@@H](C)C[C@@H]1OC. The number of carbonyl (C=O) groups is 4. The van der Waals surface area contributed by atoms with Crippen LogP contribution in [0.25, 0.3) is 0 Å². The van der Waals surface area contributed by atoms with E-state index in [9.17, 15) is 24.3 Å². The molecule has 2 heterocycles. The molecule has 2 amide bonds. The molecule has 13 nitrogen and oxygen atoms in total. The van der Waals surface area contributed by atoms with E-state index in [1.54, 1.807) is 33.3 Å². The molecule has 1 saturated heterocycles. The standard InChI is InChI=1S/C32H46N2O11S/c1-16-10-9-11-21(40-5)29(44-31(33)39)32(4)28(45-32)18(3)26(43-8)22(41-6)14-17(2)25(42-7)19-15-20(36)27(46-13-12-35)23(24(19)37)34-30(16)38/h9-11,15,17-18,21-22,25-26,28-29,35H,12-14H2,1-8H3,(H2,33,39)(H,34,38)/b11-9-,16-10+/t17-,18+,21?,22-,25+,26?,28?,29+,32?/m0/s1. The topological polar surface area (TPSA) is 185 Å². The van der Waals surface area contributed by atoms with E-state index < -0.39 is 65.8 Å². The van der Waals surface area contributed by atoms with Crippen molar-refractivity contribution in [3.05, 3.63) is 46.1 Å². The van der Waals surface area contributed by atoms with Gasteiger partial charge in [0.05, 0.1) is 35.9 Å². The lowest BCUT2D eigenvalue weighted by Crippen LogP contribution is -2.47. The summed E-state index contributed by atoms with van der Waals surface area (Å²) in [6.07, 6.45) is 1.14. The van der Waals surface area contributed by atoms with Crippen molar-refractivity contribution < 1.29 is 52.7 Å². The van der Waals surface area contributed by atoms with Crippen LogP contribution >= 0.6 is 11.8 Å². The molecule has 0 aromatic heterocycles. The van der Waals surface area contributed by atoms with Gasteiger partial charge in [-0.25, -0.2) is 4.79 Å². The quantitative estimate of drug-likeness (QED) is 0.253. The second-order valence-electron chi connectivity index (χ2n) is 11.7. The highest BCUT2D eigenvalue weighted by atomic mass is 32.2. The molecule has 0 spiro atoms. The fourth-order valence-electron chi connectivity index (χ4n) is 6.29. The Hall–Kier alpha value is -2.85. The van der Waals surface area contributed by atoms with Crippen molar-refractivity contribution in [2.45, 2.75) is 76.3 Å². The molecular formula is C32H46N2O11S. The van der Waals surface area contributed by atoms with E-state index in [2.05, 4.69) is 5.32 Å². The van der Waals surface area contributed by atoms with Crippen LogP contribution in [0, 0.1) is 11.8 Å². The Labute approximate surface area is 273 Å². The fraction of sp³-hybridized carbons (Fsp3) is 0.625. The molecule has 2 aliphatic heterocycles. The molecular weight excluding hydrogens is 620 g/mol. The molecule has 4 N–H and O–H groups in total. The van der Waals surface area contributed by atoms with Crippen molar-refractivity contribution >= 4 is 35.3 Å². The van der Waals surface area contributed by atoms with Crippen LogP contribution in [0.2, 0.25) is 0 Å². The zero-order valence-electron chi connectivity index (χ0n) is 27.6. The minimum Gasteiger partial charge on any atom is -0.440 e. The van der Waals surface area contributed by atoms with Crippen molar-refractivity contribution in [3.8, 4) is 0 Å². The summed E-state index contributed by atoms with van der Waals surface area (Å²) < 4.78 is 35.0. The van der Waals surface area contributed by atoms with E-state index in [4.69, 9.17) is 34.2 Å². The molecule has 256 valence electrons.